The third-order valence-corrected chi connectivity index (χ3v) is 8.80. The first kappa shape index (κ1) is 26.7. The lowest BCUT2D eigenvalue weighted by atomic mass is 9.63. The first-order valence-electron chi connectivity index (χ1n) is 15.4. The monoisotopic (exact) mass is 577 g/mol. The molecule has 7 aromatic rings. The first-order valence-corrected chi connectivity index (χ1v) is 15.4. The van der Waals surface area contributed by atoms with Crippen LogP contribution in [0.2, 0.25) is 0 Å². The van der Waals surface area contributed by atoms with E-state index >= 15 is 0 Å². The molecule has 8 rings (SSSR count). The first-order chi connectivity index (χ1) is 22.3. The third kappa shape index (κ3) is 4.51. The van der Waals surface area contributed by atoms with Gasteiger partial charge >= 0.3 is 0 Å². The van der Waals surface area contributed by atoms with E-state index in [1.165, 1.54) is 22.3 Å². The van der Waals surface area contributed by atoms with Gasteiger partial charge in [-0.1, -0.05) is 152 Å². The maximum atomic E-state index is 6.98. The number of para-hydroxylation sites is 3. The standard InChI is InChI=1S/C43H31NO/c1-5-16-32(17-6-1)33-28-30-37(31-29-33)44(36-22-11-4-12-23-36)40-26-15-25-39-42(40)45-41-27-14-13-24-38(41)43(39,34-18-7-2-8-19-34)35-20-9-3-10-21-35/h1-31H. The number of rotatable bonds is 6. The lowest BCUT2D eigenvalue weighted by molar-refractivity contribution is 0.435. The molecule has 0 saturated heterocycles. The Morgan fingerprint density at radius 2 is 0.867 bits per heavy atom. The van der Waals surface area contributed by atoms with Gasteiger partial charge in [0.15, 0.2) is 5.75 Å². The van der Waals surface area contributed by atoms with Gasteiger partial charge in [-0.2, -0.15) is 0 Å². The second kappa shape index (κ2) is 11.3. The van der Waals surface area contributed by atoms with Crippen LogP contribution in [0, 0.1) is 0 Å². The lowest BCUT2D eigenvalue weighted by Crippen LogP contribution is -2.34. The predicted octanol–water partition coefficient (Wildman–Crippen LogP) is 11.3. The van der Waals surface area contributed by atoms with Crippen molar-refractivity contribution in [2.75, 3.05) is 4.90 Å². The summed E-state index contributed by atoms with van der Waals surface area (Å²) in [6.07, 6.45) is 0. The molecular formula is C43H31NO. The molecule has 1 heterocycles. The topological polar surface area (TPSA) is 12.5 Å². The zero-order valence-corrected chi connectivity index (χ0v) is 24.8. The molecule has 0 amide bonds. The highest BCUT2D eigenvalue weighted by Crippen LogP contribution is 2.58. The third-order valence-electron chi connectivity index (χ3n) is 8.80. The Hall–Kier alpha value is -5.86. The van der Waals surface area contributed by atoms with E-state index in [1.54, 1.807) is 0 Å². The van der Waals surface area contributed by atoms with E-state index in [4.69, 9.17) is 4.74 Å². The van der Waals surface area contributed by atoms with Crippen molar-refractivity contribution in [2.24, 2.45) is 0 Å². The summed E-state index contributed by atoms with van der Waals surface area (Å²) in [5, 5.41) is 0. The molecule has 1 aliphatic heterocycles. The van der Waals surface area contributed by atoms with Crippen molar-refractivity contribution in [3.63, 3.8) is 0 Å². The number of benzene rings is 7. The van der Waals surface area contributed by atoms with Crippen molar-refractivity contribution in [2.45, 2.75) is 5.41 Å². The van der Waals surface area contributed by atoms with E-state index in [1.807, 2.05) is 0 Å². The maximum Gasteiger partial charge on any atom is 0.156 e. The highest BCUT2D eigenvalue weighted by molar-refractivity contribution is 5.85. The van der Waals surface area contributed by atoms with Crippen LogP contribution in [0.15, 0.2) is 188 Å². The highest BCUT2D eigenvalue weighted by atomic mass is 16.5. The summed E-state index contributed by atoms with van der Waals surface area (Å²) in [7, 11) is 0. The number of hydrogen-bond acceptors (Lipinski definition) is 2. The number of fused-ring (bicyclic) bond motifs is 2. The van der Waals surface area contributed by atoms with E-state index in [0.717, 1.165) is 39.7 Å². The van der Waals surface area contributed by atoms with Crippen LogP contribution in [0.1, 0.15) is 22.3 Å². The smallest absolute Gasteiger partial charge is 0.156 e. The molecule has 214 valence electrons. The lowest BCUT2D eigenvalue weighted by Gasteiger charge is -2.43. The van der Waals surface area contributed by atoms with Crippen LogP contribution in [0.3, 0.4) is 0 Å². The Morgan fingerprint density at radius 3 is 1.51 bits per heavy atom. The van der Waals surface area contributed by atoms with E-state index in [-0.39, 0.29) is 0 Å². The number of nitrogens with zero attached hydrogens (tertiary/aromatic N) is 1. The highest BCUT2D eigenvalue weighted by Gasteiger charge is 2.46. The summed E-state index contributed by atoms with van der Waals surface area (Å²) < 4.78 is 6.98. The van der Waals surface area contributed by atoms with Crippen molar-refractivity contribution < 1.29 is 4.74 Å². The minimum atomic E-state index is -0.581. The molecule has 0 N–H and O–H groups in total. The Labute approximate surface area is 264 Å². The van der Waals surface area contributed by atoms with Crippen molar-refractivity contribution in [1.29, 1.82) is 0 Å². The van der Waals surface area contributed by atoms with Gasteiger partial charge in [-0.25, -0.2) is 0 Å². The molecule has 0 atom stereocenters. The fourth-order valence-electron chi connectivity index (χ4n) is 6.83. The second-order valence-electron chi connectivity index (χ2n) is 11.3. The average Bonchev–Trinajstić information content (AvgIpc) is 3.13. The Morgan fingerprint density at radius 1 is 0.378 bits per heavy atom. The van der Waals surface area contributed by atoms with Gasteiger partial charge in [-0.3, -0.25) is 0 Å². The van der Waals surface area contributed by atoms with Gasteiger partial charge in [0.05, 0.1) is 11.1 Å². The average molecular weight is 578 g/mol. The van der Waals surface area contributed by atoms with Crippen LogP contribution in [0.4, 0.5) is 17.1 Å². The van der Waals surface area contributed by atoms with Gasteiger partial charge < -0.3 is 9.64 Å². The molecule has 2 heteroatoms. The second-order valence-corrected chi connectivity index (χ2v) is 11.3. The largest absolute Gasteiger partial charge is 0.454 e. The van der Waals surface area contributed by atoms with Gasteiger partial charge in [0.1, 0.15) is 5.75 Å². The molecule has 2 nitrogen and oxygen atoms in total. The van der Waals surface area contributed by atoms with Crippen molar-refractivity contribution >= 4 is 17.1 Å². The molecular weight excluding hydrogens is 546 g/mol. The van der Waals surface area contributed by atoms with Crippen LogP contribution >= 0.6 is 0 Å². The Kier molecular flexibility index (Phi) is 6.73. The Balaban J connectivity index is 1.39. The molecule has 0 unspecified atom stereocenters. The molecule has 0 fully saturated rings. The molecule has 0 aromatic heterocycles. The molecule has 0 saturated carbocycles. The molecule has 0 bridgehead atoms. The predicted molar refractivity (Wildman–Crippen MR) is 185 cm³/mol. The molecule has 7 aromatic carbocycles. The van der Waals surface area contributed by atoms with Crippen LogP contribution in [0.25, 0.3) is 11.1 Å². The SMILES string of the molecule is c1ccc(-c2ccc(N(c3ccccc3)c3cccc4c3Oc3ccccc3C4(c3ccccc3)c3ccccc3)cc2)cc1. The van der Waals surface area contributed by atoms with Gasteiger partial charge in [0, 0.05) is 22.5 Å². The van der Waals surface area contributed by atoms with E-state index < -0.39 is 5.41 Å². The van der Waals surface area contributed by atoms with E-state index in [0.29, 0.717) is 0 Å². The van der Waals surface area contributed by atoms with Crippen molar-refractivity contribution in [3.8, 4) is 22.6 Å². The maximum absolute atomic E-state index is 6.98. The fraction of sp³-hybridized carbons (Fsp3) is 0.0233. The number of anilines is 3. The summed E-state index contributed by atoms with van der Waals surface area (Å²) in [5.74, 6) is 1.71. The Bertz CT molecular complexity index is 2020. The van der Waals surface area contributed by atoms with Gasteiger partial charge in [-0.15, -0.1) is 0 Å². The van der Waals surface area contributed by atoms with Crippen molar-refractivity contribution in [1.82, 2.24) is 0 Å². The minimum Gasteiger partial charge on any atom is -0.454 e. The number of hydrogen-bond donors (Lipinski definition) is 0. The molecule has 45 heavy (non-hydrogen) atoms. The molecule has 0 spiro atoms. The zero-order chi connectivity index (χ0) is 30.1. The summed E-state index contributed by atoms with van der Waals surface area (Å²) in [5.41, 5.74) is 9.53. The van der Waals surface area contributed by atoms with Gasteiger partial charge in [0.2, 0.25) is 0 Å². The molecule has 1 aliphatic rings. The summed E-state index contributed by atoms with van der Waals surface area (Å²) in [6, 6.07) is 66.6. The van der Waals surface area contributed by atoms with Gasteiger partial charge in [0.25, 0.3) is 0 Å². The minimum absolute atomic E-state index is 0.581. The van der Waals surface area contributed by atoms with Crippen LogP contribution in [-0.2, 0) is 5.41 Å². The van der Waals surface area contributed by atoms with E-state index in [2.05, 4.69) is 193 Å². The van der Waals surface area contributed by atoms with Crippen LogP contribution in [0.5, 0.6) is 11.5 Å². The van der Waals surface area contributed by atoms with Crippen molar-refractivity contribution in [3.05, 3.63) is 210 Å². The quantitative estimate of drug-likeness (QED) is 0.195. The molecule has 0 radical (unpaired) electrons. The van der Waals surface area contributed by atoms with Crippen LogP contribution < -0.4 is 9.64 Å². The normalized spacial score (nSPS) is 12.8. The fourth-order valence-corrected chi connectivity index (χ4v) is 6.83. The summed E-state index contributed by atoms with van der Waals surface area (Å²) in [4.78, 5) is 2.31. The van der Waals surface area contributed by atoms with Crippen LogP contribution in [-0.4, -0.2) is 0 Å². The number of ether oxygens (including phenoxy) is 1. The molecule has 0 aliphatic carbocycles. The summed E-state index contributed by atoms with van der Waals surface area (Å²) >= 11 is 0. The van der Waals surface area contributed by atoms with E-state index in [9.17, 15) is 0 Å². The van der Waals surface area contributed by atoms with Gasteiger partial charge in [-0.05, 0) is 58.7 Å². The zero-order valence-electron chi connectivity index (χ0n) is 24.8. The summed E-state index contributed by atoms with van der Waals surface area (Å²) in [6.45, 7) is 0.